The number of hydrogen-bond acceptors (Lipinski definition) is 9. The second-order valence-corrected chi connectivity index (χ2v) is 8.05. The van der Waals surface area contributed by atoms with Crippen molar-refractivity contribution in [3.8, 4) is 5.75 Å². The summed E-state index contributed by atoms with van der Waals surface area (Å²) in [6.07, 6.45) is 3.63. The fourth-order valence-corrected chi connectivity index (χ4v) is 4.37. The van der Waals surface area contributed by atoms with E-state index in [0.29, 0.717) is 35.0 Å². The van der Waals surface area contributed by atoms with E-state index in [1.807, 2.05) is 0 Å². The van der Waals surface area contributed by atoms with E-state index >= 15 is 0 Å². The van der Waals surface area contributed by atoms with E-state index in [-0.39, 0.29) is 5.75 Å². The van der Waals surface area contributed by atoms with Crippen LogP contribution in [0.3, 0.4) is 0 Å². The number of hydrogen-bond donors (Lipinski definition) is 2. The highest BCUT2D eigenvalue weighted by Gasteiger charge is 2.26. The van der Waals surface area contributed by atoms with Crippen molar-refractivity contribution in [3.05, 3.63) is 34.1 Å². The van der Waals surface area contributed by atoms with Gasteiger partial charge in [-0.15, -0.1) is 0 Å². The molecule has 0 amide bonds. The highest BCUT2D eigenvalue weighted by molar-refractivity contribution is 7.98. The summed E-state index contributed by atoms with van der Waals surface area (Å²) in [4.78, 5) is 20.9. The molecule has 2 saturated heterocycles. The minimum Gasteiger partial charge on any atom is -0.502 e. The van der Waals surface area contributed by atoms with Gasteiger partial charge in [-0.05, 0) is 12.8 Å². The van der Waals surface area contributed by atoms with Gasteiger partial charge < -0.3 is 14.3 Å². The SMILES string of the molecule is O=c1cc(CSc2ncn[nH]2)oc(CN2CCN(C3CCOCC3)CC2)c1O. The van der Waals surface area contributed by atoms with Gasteiger partial charge in [-0.1, -0.05) is 11.8 Å². The van der Waals surface area contributed by atoms with Gasteiger partial charge in [0.15, 0.2) is 10.9 Å². The average Bonchev–Trinajstić information content (AvgIpc) is 3.25. The normalized spacial score (nSPS) is 19.9. The van der Waals surface area contributed by atoms with Crippen LogP contribution in [0.25, 0.3) is 0 Å². The molecule has 2 fully saturated rings. The first-order valence-electron chi connectivity index (χ1n) is 9.56. The molecule has 28 heavy (non-hydrogen) atoms. The Morgan fingerprint density at radius 1 is 1.25 bits per heavy atom. The standard InChI is InChI=1S/C18H25N5O4S/c24-15-9-14(11-28-18-19-12-20-21-18)27-16(17(15)25)10-22-3-5-23(6-4-22)13-1-7-26-8-2-13/h9,12-13,25H,1-8,10-11H2,(H,19,20,21). The minimum atomic E-state index is -0.407. The number of nitrogens with one attached hydrogen (secondary N) is 1. The summed E-state index contributed by atoms with van der Waals surface area (Å²) in [6, 6.07) is 1.95. The number of aromatic amines is 1. The van der Waals surface area contributed by atoms with E-state index in [1.165, 1.54) is 24.2 Å². The molecule has 2 aromatic rings. The van der Waals surface area contributed by atoms with Crippen molar-refractivity contribution in [2.75, 3.05) is 39.4 Å². The molecule has 10 heteroatoms. The van der Waals surface area contributed by atoms with Gasteiger partial charge in [0.25, 0.3) is 0 Å². The Balaban J connectivity index is 1.35. The Kier molecular flexibility index (Phi) is 6.30. The topological polar surface area (TPSA) is 108 Å². The second kappa shape index (κ2) is 9.08. The van der Waals surface area contributed by atoms with Gasteiger partial charge in [-0.25, -0.2) is 4.98 Å². The first kappa shape index (κ1) is 19.4. The predicted molar refractivity (Wildman–Crippen MR) is 103 cm³/mol. The summed E-state index contributed by atoms with van der Waals surface area (Å²) < 4.78 is 11.3. The van der Waals surface area contributed by atoms with Crippen molar-refractivity contribution in [3.63, 3.8) is 0 Å². The summed E-state index contributed by atoms with van der Waals surface area (Å²) in [5.74, 6) is 0.996. The van der Waals surface area contributed by atoms with Crippen molar-refractivity contribution in [1.82, 2.24) is 25.0 Å². The van der Waals surface area contributed by atoms with Gasteiger partial charge in [-0.2, -0.15) is 5.10 Å². The lowest BCUT2D eigenvalue weighted by Crippen LogP contribution is -2.51. The zero-order chi connectivity index (χ0) is 19.3. The zero-order valence-corrected chi connectivity index (χ0v) is 16.5. The molecule has 0 radical (unpaired) electrons. The first-order valence-corrected chi connectivity index (χ1v) is 10.5. The van der Waals surface area contributed by atoms with E-state index in [1.54, 1.807) is 0 Å². The number of thioether (sulfide) groups is 1. The maximum absolute atomic E-state index is 12.1. The first-order chi connectivity index (χ1) is 13.7. The van der Waals surface area contributed by atoms with Gasteiger partial charge in [0.05, 0.1) is 12.3 Å². The molecule has 2 aromatic heterocycles. The highest BCUT2D eigenvalue weighted by atomic mass is 32.2. The Bertz CT molecular complexity index is 814. The lowest BCUT2D eigenvalue weighted by atomic mass is 10.1. The van der Waals surface area contributed by atoms with Crippen molar-refractivity contribution in [2.24, 2.45) is 0 Å². The molecule has 9 nitrogen and oxygen atoms in total. The molecule has 0 aromatic carbocycles. The fourth-order valence-electron chi connectivity index (χ4n) is 3.71. The molecule has 2 N–H and O–H groups in total. The molecule has 2 aliphatic heterocycles. The molecule has 4 heterocycles. The molecule has 2 aliphatic rings. The zero-order valence-electron chi connectivity index (χ0n) is 15.7. The van der Waals surface area contributed by atoms with E-state index in [0.717, 1.165) is 52.2 Å². The maximum Gasteiger partial charge on any atom is 0.227 e. The lowest BCUT2D eigenvalue weighted by molar-refractivity contribution is 0.0114. The Morgan fingerprint density at radius 2 is 2.04 bits per heavy atom. The van der Waals surface area contributed by atoms with Gasteiger partial charge >= 0.3 is 0 Å². The van der Waals surface area contributed by atoms with Crippen molar-refractivity contribution >= 4 is 11.8 Å². The van der Waals surface area contributed by atoms with Crippen LogP contribution in [0.15, 0.2) is 26.8 Å². The van der Waals surface area contributed by atoms with E-state index in [9.17, 15) is 9.90 Å². The molecule has 4 rings (SSSR count). The van der Waals surface area contributed by atoms with Crippen LogP contribution in [-0.4, -0.2) is 75.5 Å². The van der Waals surface area contributed by atoms with Gasteiger partial charge in [0, 0.05) is 51.5 Å². The number of aromatic nitrogens is 3. The van der Waals surface area contributed by atoms with Gasteiger partial charge in [0.2, 0.25) is 11.2 Å². The molecule has 0 bridgehead atoms. The number of piperazine rings is 1. The summed E-state index contributed by atoms with van der Waals surface area (Å²) in [7, 11) is 0. The van der Waals surface area contributed by atoms with Crippen LogP contribution in [0.4, 0.5) is 0 Å². The molecule has 0 unspecified atom stereocenters. The van der Waals surface area contributed by atoms with Crippen LogP contribution in [-0.2, 0) is 17.0 Å². The third-order valence-electron chi connectivity index (χ3n) is 5.27. The maximum atomic E-state index is 12.1. The number of nitrogens with zero attached hydrogens (tertiary/aromatic N) is 4. The molecule has 0 atom stereocenters. The molecule has 152 valence electrons. The van der Waals surface area contributed by atoms with E-state index < -0.39 is 5.43 Å². The van der Waals surface area contributed by atoms with E-state index in [2.05, 4.69) is 25.0 Å². The largest absolute Gasteiger partial charge is 0.502 e. The number of H-pyrrole nitrogens is 1. The number of ether oxygens (including phenoxy) is 1. The van der Waals surface area contributed by atoms with Gasteiger partial charge in [-0.3, -0.25) is 19.7 Å². The lowest BCUT2D eigenvalue weighted by Gasteiger charge is -2.40. The summed E-state index contributed by atoms with van der Waals surface area (Å²) >= 11 is 1.39. The van der Waals surface area contributed by atoms with Crippen LogP contribution in [0.2, 0.25) is 0 Å². The van der Waals surface area contributed by atoms with Crippen molar-refractivity contribution < 1.29 is 14.3 Å². The van der Waals surface area contributed by atoms with Gasteiger partial charge in [0.1, 0.15) is 12.1 Å². The third kappa shape index (κ3) is 4.75. The molecular formula is C18H25N5O4S. The Hall–Kier alpha value is -1.88. The molecule has 0 saturated carbocycles. The van der Waals surface area contributed by atoms with Crippen LogP contribution >= 0.6 is 11.8 Å². The predicted octanol–water partition coefficient (Wildman–Crippen LogP) is 1.05. The van der Waals surface area contributed by atoms with E-state index in [4.69, 9.17) is 9.15 Å². The summed E-state index contributed by atoms with van der Waals surface area (Å²) in [5, 5.41) is 17.4. The van der Waals surface area contributed by atoms with Crippen LogP contribution in [0.1, 0.15) is 24.4 Å². The van der Waals surface area contributed by atoms with Crippen LogP contribution < -0.4 is 5.43 Å². The summed E-state index contributed by atoms with van der Waals surface area (Å²) in [6.45, 7) is 5.87. The quantitative estimate of drug-likeness (QED) is 0.679. The van der Waals surface area contributed by atoms with Crippen molar-refractivity contribution in [1.29, 1.82) is 0 Å². The Labute approximate surface area is 167 Å². The summed E-state index contributed by atoms with van der Waals surface area (Å²) in [5.41, 5.74) is -0.407. The molecular weight excluding hydrogens is 382 g/mol. The number of aromatic hydroxyl groups is 1. The smallest absolute Gasteiger partial charge is 0.227 e. The van der Waals surface area contributed by atoms with Crippen molar-refractivity contribution in [2.45, 2.75) is 36.3 Å². The average molecular weight is 407 g/mol. The molecule has 0 aliphatic carbocycles. The fraction of sp³-hybridized carbons (Fsp3) is 0.611. The van der Waals surface area contributed by atoms with Crippen LogP contribution in [0.5, 0.6) is 5.75 Å². The third-order valence-corrected chi connectivity index (χ3v) is 6.17. The second-order valence-electron chi connectivity index (χ2n) is 7.08. The highest BCUT2D eigenvalue weighted by Crippen LogP contribution is 2.23. The minimum absolute atomic E-state index is 0.291. The molecule has 0 spiro atoms. The number of rotatable bonds is 6. The monoisotopic (exact) mass is 407 g/mol. The van der Waals surface area contributed by atoms with Crippen LogP contribution in [0, 0.1) is 0 Å². The Morgan fingerprint density at radius 3 is 2.75 bits per heavy atom.